The molecular weight excluding hydrogens is 282 g/mol. The van der Waals surface area contributed by atoms with Gasteiger partial charge in [0, 0.05) is 12.6 Å². The van der Waals surface area contributed by atoms with Gasteiger partial charge in [0.1, 0.15) is 5.60 Å². The van der Waals surface area contributed by atoms with Crippen molar-refractivity contribution in [1.29, 1.82) is 0 Å². The van der Waals surface area contributed by atoms with Crippen LogP contribution in [0.15, 0.2) is 11.6 Å². The summed E-state index contributed by atoms with van der Waals surface area (Å²) in [5.74, 6) is 0.0231. The summed E-state index contributed by atoms with van der Waals surface area (Å²) in [6, 6.07) is -0.209. The molecule has 0 aromatic heterocycles. The number of carbonyl (C=O) groups excluding carboxylic acids is 2. The Hall–Kier alpha value is -1.52. The Morgan fingerprint density at radius 1 is 1.23 bits per heavy atom. The van der Waals surface area contributed by atoms with Gasteiger partial charge in [0.15, 0.2) is 0 Å². The second kappa shape index (κ2) is 8.81. The molecular formula is C17H31NO4. The van der Waals surface area contributed by atoms with Crippen molar-refractivity contribution < 1.29 is 19.1 Å². The maximum Gasteiger partial charge on any atom is 0.410 e. The van der Waals surface area contributed by atoms with Gasteiger partial charge in [0.05, 0.1) is 12.6 Å². The van der Waals surface area contributed by atoms with Crippen molar-refractivity contribution in [3.63, 3.8) is 0 Å². The molecule has 0 spiro atoms. The van der Waals surface area contributed by atoms with E-state index >= 15 is 0 Å². The van der Waals surface area contributed by atoms with Crippen molar-refractivity contribution in [3.8, 4) is 0 Å². The van der Waals surface area contributed by atoms with Gasteiger partial charge in [-0.3, -0.25) is 0 Å². The fraction of sp³-hybridized carbons (Fsp3) is 0.765. The normalized spacial score (nSPS) is 13.8. The molecule has 0 saturated carbocycles. The molecule has 1 atom stereocenters. The second-order valence-electron chi connectivity index (χ2n) is 6.86. The molecule has 0 heterocycles. The van der Waals surface area contributed by atoms with Crippen LogP contribution in [0.3, 0.4) is 0 Å². The molecule has 0 aliphatic rings. The summed E-state index contributed by atoms with van der Waals surface area (Å²) in [4.78, 5) is 25.5. The zero-order chi connectivity index (χ0) is 17.5. The quantitative estimate of drug-likeness (QED) is 0.553. The first-order chi connectivity index (χ1) is 9.97. The van der Waals surface area contributed by atoms with E-state index in [1.165, 1.54) is 4.90 Å². The predicted octanol–water partition coefficient (Wildman–Crippen LogP) is 3.78. The molecule has 0 aliphatic carbocycles. The van der Waals surface area contributed by atoms with E-state index in [1.54, 1.807) is 27.0 Å². The molecule has 128 valence electrons. The first-order valence-electron chi connectivity index (χ1n) is 7.79. The first kappa shape index (κ1) is 20.5. The van der Waals surface area contributed by atoms with Gasteiger partial charge in [-0.15, -0.1) is 0 Å². The van der Waals surface area contributed by atoms with Crippen LogP contribution in [0.4, 0.5) is 4.79 Å². The lowest BCUT2D eigenvalue weighted by Gasteiger charge is -2.30. The number of amides is 1. The highest BCUT2D eigenvalue weighted by atomic mass is 16.6. The van der Waals surface area contributed by atoms with Gasteiger partial charge in [-0.2, -0.15) is 0 Å². The number of hydrogen-bond donors (Lipinski definition) is 0. The summed E-state index contributed by atoms with van der Waals surface area (Å²) < 4.78 is 10.4. The van der Waals surface area contributed by atoms with Crippen molar-refractivity contribution >= 4 is 12.1 Å². The molecule has 0 fully saturated rings. The van der Waals surface area contributed by atoms with Crippen LogP contribution in [-0.4, -0.2) is 42.3 Å². The molecule has 0 aromatic rings. The molecule has 0 bridgehead atoms. The minimum atomic E-state index is -0.548. The average Bonchev–Trinajstić information content (AvgIpc) is 2.34. The molecule has 22 heavy (non-hydrogen) atoms. The predicted molar refractivity (Wildman–Crippen MR) is 87.6 cm³/mol. The Balaban J connectivity index is 5.15. The van der Waals surface area contributed by atoms with Crippen molar-refractivity contribution in [3.05, 3.63) is 11.6 Å². The van der Waals surface area contributed by atoms with Gasteiger partial charge in [-0.05, 0) is 47.0 Å². The third kappa shape index (κ3) is 8.05. The Kier molecular flexibility index (Phi) is 8.20. The largest absolute Gasteiger partial charge is 0.463 e. The van der Waals surface area contributed by atoms with Crippen molar-refractivity contribution in [2.75, 3.05) is 13.7 Å². The van der Waals surface area contributed by atoms with Crippen LogP contribution in [0.1, 0.15) is 54.9 Å². The van der Waals surface area contributed by atoms with E-state index in [9.17, 15) is 9.59 Å². The lowest BCUT2D eigenvalue weighted by molar-refractivity contribution is -0.138. The number of carbonyl (C=O) groups is 2. The highest BCUT2D eigenvalue weighted by Gasteiger charge is 2.25. The second-order valence-corrected chi connectivity index (χ2v) is 6.86. The maximum atomic E-state index is 12.2. The van der Waals surface area contributed by atoms with Crippen LogP contribution >= 0.6 is 0 Å². The maximum absolute atomic E-state index is 12.2. The van der Waals surface area contributed by atoms with Crippen LogP contribution in [-0.2, 0) is 14.3 Å². The van der Waals surface area contributed by atoms with Gasteiger partial charge in [0.2, 0.25) is 0 Å². The SMILES string of the molecule is CCOC(=O)/C(C)=C/[C@H](CC(C)C)N(C)C(=O)OC(C)(C)C. The lowest BCUT2D eigenvalue weighted by atomic mass is 10.0. The fourth-order valence-electron chi connectivity index (χ4n) is 1.89. The topological polar surface area (TPSA) is 55.8 Å². The molecule has 0 radical (unpaired) electrons. The van der Waals surface area contributed by atoms with E-state index in [1.807, 2.05) is 20.8 Å². The summed E-state index contributed by atoms with van der Waals surface area (Å²) in [5, 5.41) is 0. The zero-order valence-electron chi connectivity index (χ0n) is 15.2. The number of hydrogen-bond acceptors (Lipinski definition) is 4. The van der Waals surface area contributed by atoms with Gasteiger partial charge in [0.25, 0.3) is 0 Å². The molecule has 0 N–H and O–H groups in total. The Labute approximate surface area is 134 Å². The summed E-state index contributed by atoms with van der Waals surface area (Å²) >= 11 is 0. The standard InChI is InChI=1S/C17H31NO4/c1-9-21-15(19)13(4)11-14(10-12(2)3)18(8)16(20)22-17(5,6)7/h11-12,14H,9-10H2,1-8H3/b13-11+/t14-/m0/s1. The van der Waals surface area contributed by atoms with Crippen LogP contribution in [0.5, 0.6) is 0 Å². The van der Waals surface area contributed by atoms with E-state index < -0.39 is 11.7 Å². The number of nitrogens with zero attached hydrogens (tertiary/aromatic N) is 1. The van der Waals surface area contributed by atoms with Gasteiger partial charge < -0.3 is 14.4 Å². The molecule has 0 rings (SSSR count). The van der Waals surface area contributed by atoms with E-state index in [-0.39, 0.29) is 12.0 Å². The van der Waals surface area contributed by atoms with E-state index in [4.69, 9.17) is 9.47 Å². The Morgan fingerprint density at radius 3 is 2.18 bits per heavy atom. The van der Waals surface area contributed by atoms with E-state index in [2.05, 4.69) is 13.8 Å². The van der Waals surface area contributed by atoms with Gasteiger partial charge in [-0.1, -0.05) is 19.9 Å². The number of rotatable bonds is 6. The number of likely N-dealkylation sites (N-methyl/N-ethyl adjacent to an activating group) is 1. The minimum absolute atomic E-state index is 0.209. The molecule has 0 saturated heterocycles. The van der Waals surface area contributed by atoms with Crippen LogP contribution in [0, 0.1) is 5.92 Å². The zero-order valence-corrected chi connectivity index (χ0v) is 15.2. The highest BCUT2D eigenvalue weighted by molar-refractivity contribution is 5.88. The number of esters is 1. The lowest BCUT2D eigenvalue weighted by Crippen LogP contribution is -2.40. The molecule has 5 heteroatoms. The summed E-state index contributed by atoms with van der Waals surface area (Å²) in [7, 11) is 1.69. The van der Waals surface area contributed by atoms with Crippen molar-refractivity contribution in [1.82, 2.24) is 4.90 Å². The van der Waals surface area contributed by atoms with Crippen LogP contribution in [0.2, 0.25) is 0 Å². The molecule has 0 aliphatic heterocycles. The highest BCUT2D eigenvalue weighted by Crippen LogP contribution is 2.17. The van der Waals surface area contributed by atoms with Crippen LogP contribution in [0.25, 0.3) is 0 Å². The third-order valence-corrected chi connectivity index (χ3v) is 2.93. The van der Waals surface area contributed by atoms with E-state index in [0.29, 0.717) is 18.1 Å². The minimum Gasteiger partial charge on any atom is -0.463 e. The Morgan fingerprint density at radius 2 is 1.77 bits per heavy atom. The van der Waals surface area contributed by atoms with Gasteiger partial charge in [-0.25, -0.2) is 9.59 Å². The first-order valence-corrected chi connectivity index (χ1v) is 7.79. The molecule has 5 nitrogen and oxygen atoms in total. The average molecular weight is 313 g/mol. The van der Waals surface area contributed by atoms with Crippen molar-refractivity contribution in [2.45, 2.75) is 66.5 Å². The Bertz CT molecular complexity index is 407. The smallest absolute Gasteiger partial charge is 0.410 e. The van der Waals surface area contributed by atoms with Crippen LogP contribution < -0.4 is 0 Å². The number of ether oxygens (including phenoxy) is 2. The summed E-state index contributed by atoms with van der Waals surface area (Å²) in [6.45, 7) is 13.4. The monoisotopic (exact) mass is 313 g/mol. The molecule has 0 unspecified atom stereocenters. The third-order valence-electron chi connectivity index (χ3n) is 2.93. The molecule has 0 aromatic carbocycles. The summed E-state index contributed by atoms with van der Waals surface area (Å²) in [6.07, 6.45) is 2.13. The van der Waals surface area contributed by atoms with E-state index in [0.717, 1.165) is 6.42 Å². The fourth-order valence-corrected chi connectivity index (χ4v) is 1.89. The van der Waals surface area contributed by atoms with Gasteiger partial charge >= 0.3 is 12.1 Å². The summed E-state index contributed by atoms with van der Waals surface area (Å²) in [5.41, 5.74) is -0.0453. The van der Waals surface area contributed by atoms with Crippen molar-refractivity contribution in [2.24, 2.45) is 5.92 Å². The molecule has 1 amide bonds.